The zero-order valence-electron chi connectivity index (χ0n) is 16.8. The average molecular weight is 445 g/mol. The Morgan fingerprint density at radius 1 is 1.06 bits per heavy atom. The van der Waals surface area contributed by atoms with Gasteiger partial charge >= 0.3 is 6.09 Å². The largest absolute Gasteiger partial charge is 0.447 e. The molecule has 0 fully saturated rings. The fourth-order valence-corrected chi connectivity index (χ4v) is 2.69. The molecule has 10 heteroatoms. The molecule has 0 spiro atoms. The van der Waals surface area contributed by atoms with Crippen molar-refractivity contribution in [3.63, 3.8) is 0 Å². The standard InChI is InChI=1S/C21H21ClN4O5/c1-29-11-12-30-21(28)24-17-4-2-3-16(13-17)23-18(27)9-10-19-25-20(26-31-19)14-5-7-15(22)8-6-14/h2-8,13H,9-12H2,1H3,(H,23,27)(H,24,28). The molecule has 3 aromatic rings. The minimum absolute atomic E-state index is 0.147. The maximum absolute atomic E-state index is 12.3. The number of carbonyl (C=O) groups is 2. The van der Waals surface area contributed by atoms with E-state index in [0.717, 1.165) is 5.56 Å². The predicted octanol–water partition coefficient (Wildman–Crippen LogP) is 4.16. The van der Waals surface area contributed by atoms with Gasteiger partial charge in [-0.2, -0.15) is 4.98 Å². The fraction of sp³-hybridized carbons (Fsp3) is 0.238. The number of ether oxygens (including phenoxy) is 2. The quantitative estimate of drug-likeness (QED) is 0.476. The average Bonchev–Trinajstić information content (AvgIpc) is 3.22. The van der Waals surface area contributed by atoms with E-state index in [4.69, 9.17) is 25.6 Å². The highest BCUT2D eigenvalue weighted by atomic mass is 35.5. The summed E-state index contributed by atoms with van der Waals surface area (Å²) in [6.45, 7) is 0.457. The first-order chi connectivity index (χ1) is 15.0. The molecule has 2 amide bonds. The number of nitrogens with one attached hydrogen (secondary N) is 2. The minimum Gasteiger partial charge on any atom is -0.447 e. The van der Waals surface area contributed by atoms with E-state index in [9.17, 15) is 9.59 Å². The molecule has 0 aliphatic heterocycles. The van der Waals surface area contributed by atoms with Gasteiger partial charge in [0, 0.05) is 41.9 Å². The fourth-order valence-electron chi connectivity index (χ4n) is 2.56. The molecule has 0 atom stereocenters. The highest BCUT2D eigenvalue weighted by Gasteiger charge is 2.11. The van der Waals surface area contributed by atoms with Crippen LogP contribution in [0.3, 0.4) is 0 Å². The smallest absolute Gasteiger partial charge is 0.411 e. The number of nitrogens with zero attached hydrogens (tertiary/aromatic N) is 2. The molecule has 0 aliphatic rings. The molecule has 0 saturated carbocycles. The van der Waals surface area contributed by atoms with Gasteiger partial charge in [-0.25, -0.2) is 4.79 Å². The Labute approximate surface area is 183 Å². The first-order valence-corrected chi connectivity index (χ1v) is 9.82. The molecule has 3 rings (SSSR count). The third-order valence-electron chi connectivity index (χ3n) is 4.05. The number of hydrogen-bond acceptors (Lipinski definition) is 7. The van der Waals surface area contributed by atoms with Crippen molar-refractivity contribution in [2.24, 2.45) is 0 Å². The van der Waals surface area contributed by atoms with E-state index in [2.05, 4.69) is 20.8 Å². The third-order valence-corrected chi connectivity index (χ3v) is 4.30. The lowest BCUT2D eigenvalue weighted by Crippen LogP contribution is -2.17. The number of amides is 2. The van der Waals surface area contributed by atoms with Crippen molar-refractivity contribution < 1.29 is 23.6 Å². The van der Waals surface area contributed by atoms with Crippen molar-refractivity contribution in [3.05, 3.63) is 59.4 Å². The van der Waals surface area contributed by atoms with Gasteiger partial charge in [0.2, 0.25) is 17.6 Å². The number of methoxy groups -OCH3 is 1. The number of aromatic nitrogens is 2. The minimum atomic E-state index is -0.603. The van der Waals surface area contributed by atoms with Gasteiger partial charge < -0.3 is 19.3 Å². The van der Waals surface area contributed by atoms with E-state index < -0.39 is 6.09 Å². The summed E-state index contributed by atoms with van der Waals surface area (Å²) >= 11 is 5.88. The maximum Gasteiger partial charge on any atom is 0.411 e. The normalized spacial score (nSPS) is 10.5. The summed E-state index contributed by atoms with van der Waals surface area (Å²) in [7, 11) is 1.52. The van der Waals surface area contributed by atoms with Gasteiger partial charge in [-0.15, -0.1) is 0 Å². The number of rotatable bonds is 9. The number of benzene rings is 2. The van der Waals surface area contributed by atoms with Gasteiger partial charge in [-0.3, -0.25) is 10.1 Å². The molecule has 0 saturated heterocycles. The maximum atomic E-state index is 12.3. The molecular weight excluding hydrogens is 424 g/mol. The van der Waals surface area contributed by atoms with Gasteiger partial charge in [-0.1, -0.05) is 22.8 Å². The Hall–Kier alpha value is -3.43. The molecule has 31 heavy (non-hydrogen) atoms. The summed E-state index contributed by atoms with van der Waals surface area (Å²) in [6.07, 6.45) is -0.164. The molecule has 0 unspecified atom stereocenters. The Balaban J connectivity index is 1.49. The highest BCUT2D eigenvalue weighted by Crippen LogP contribution is 2.19. The summed E-state index contributed by atoms with van der Waals surface area (Å²) < 4.78 is 15.0. The topological polar surface area (TPSA) is 116 Å². The van der Waals surface area contributed by atoms with Crippen LogP contribution in [0.5, 0.6) is 0 Å². The zero-order valence-corrected chi connectivity index (χ0v) is 17.5. The molecule has 1 heterocycles. The van der Waals surface area contributed by atoms with Crippen LogP contribution in [-0.4, -0.2) is 42.5 Å². The Morgan fingerprint density at radius 3 is 2.55 bits per heavy atom. The van der Waals surface area contributed by atoms with Crippen molar-refractivity contribution in [2.45, 2.75) is 12.8 Å². The second kappa shape index (κ2) is 11.1. The molecule has 2 aromatic carbocycles. The van der Waals surface area contributed by atoms with Crippen molar-refractivity contribution in [1.82, 2.24) is 10.1 Å². The third kappa shape index (κ3) is 7.09. The number of halogens is 1. The highest BCUT2D eigenvalue weighted by molar-refractivity contribution is 6.30. The van der Waals surface area contributed by atoms with Crippen LogP contribution in [0.15, 0.2) is 53.1 Å². The van der Waals surface area contributed by atoms with E-state index in [1.807, 2.05) is 0 Å². The second-order valence-corrected chi connectivity index (χ2v) is 6.84. The van der Waals surface area contributed by atoms with Crippen LogP contribution in [0.2, 0.25) is 5.02 Å². The summed E-state index contributed by atoms with van der Waals surface area (Å²) in [5.41, 5.74) is 1.80. The summed E-state index contributed by atoms with van der Waals surface area (Å²) in [6, 6.07) is 13.8. The predicted molar refractivity (Wildman–Crippen MR) is 115 cm³/mol. The lowest BCUT2D eigenvalue weighted by molar-refractivity contribution is -0.116. The lowest BCUT2D eigenvalue weighted by atomic mass is 10.2. The molecule has 162 valence electrons. The zero-order chi connectivity index (χ0) is 22.1. The molecule has 1 aromatic heterocycles. The van der Waals surface area contributed by atoms with Crippen LogP contribution in [0, 0.1) is 0 Å². The molecule has 2 N–H and O–H groups in total. The molecule has 9 nitrogen and oxygen atoms in total. The number of hydrogen-bond donors (Lipinski definition) is 2. The van der Waals surface area contributed by atoms with Gasteiger partial charge in [0.25, 0.3) is 0 Å². The van der Waals surface area contributed by atoms with Crippen molar-refractivity contribution >= 4 is 35.0 Å². The molecule has 0 radical (unpaired) electrons. The van der Waals surface area contributed by atoms with E-state index >= 15 is 0 Å². The molecule has 0 aliphatic carbocycles. The van der Waals surface area contributed by atoms with Crippen LogP contribution in [0.4, 0.5) is 16.2 Å². The van der Waals surface area contributed by atoms with Crippen LogP contribution in [-0.2, 0) is 20.7 Å². The Bertz CT molecular complexity index is 1020. The second-order valence-electron chi connectivity index (χ2n) is 6.40. The molecular formula is C21H21ClN4O5. The van der Waals surface area contributed by atoms with Crippen LogP contribution >= 0.6 is 11.6 Å². The summed E-state index contributed by atoms with van der Waals surface area (Å²) in [5.74, 6) is 0.559. The first-order valence-electron chi connectivity index (χ1n) is 9.44. The van der Waals surface area contributed by atoms with Gasteiger partial charge in [-0.05, 0) is 42.5 Å². The van der Waals surface area contributed by atoms with Crippen molar-refractivity contribution in [2.75, 3.05) is 31.0 Å². The first kappa shape index (κ1) is 22.3. The van der Waals surface area contributed by atoms with E-state index in [1.165, 1.54) is 7.11 Å². The van der Waals surface area contributed by atoms with Crippen LogP contribution in [0.1, 0.15) is 12.3 Å². The van der Waals surface area contributed by atoms with E-state index in [0.29, 0.717) is 34.7 Å². The number of carbonyl (C=O) groups excluding carboxylic acids is 2. The lowest BCUT2D eigenvalue weighted by Gasteiger charge is -2.09. The summed E-state index contributed by atoms with van der Waals surface area (Å²) in [5, 5.41) is 9.89. The van der Waals surface area contributed by atoms with Crippen molar-refractivity contribution in [1.29, 1.82) is 0 Å². The Kier molecular flexibility index (Phi) is 7.97. The van der Waals surface area contributed by atoms with E-state index in [1.54, 1.807) is 48.5 Å². The SMILES string of the molecule is COCCOC(=O)Nc1cccc(NC(=O)CCc2nc(-c3ccc(Cl)cc3)no2)c1. The van der Waals surface area contributed by atoms with Crippen molar-refractivity contribution in [3.8, 4) is 11.4 Å². The number of aryl methyl sites for hydroxylation is 1. The number of anilines is 2. The van der Waals surface area contributed by atoms with E-state index in [-0.39, 0.29) is 25.4 Å². The van der Waals surface area contributed by atoms with Gasteiger partial charge in [0.05, 0.1) is 6.61 Å². The van der Waals surface area contributed by atoms with Crippen LogP contribution < -0.4 is 10.6 Å². The Morgan fingerprint density at radius 2 is 1.81 bits per heavy atom. The molecule has 0 bridgehead atoms. The van der Waals surface area contributed by atoms with Gasteiger partial charge in [0.1, 0.15) is 6.61 Å². The van der Waals surface area contributed by atoms with Gasteiger partial charge in [0.15, 0.2) is 0 Å². The van der Waals surface area contributed by atoms with Crippen LogP contribution in [0.25, 0.3) is 11.4 Å². The monoisotopic (exact) mass is 444 g/mol. The summed E-state index contributed by atoms with van der Waals surface area (Å²) in [4.78, 5) is 28.3.